The molecule has 116 valence electrons. The van der Waals surface area contributed by atoms with E-state index < -0.39 is 27.7 Å². The first-order chi connectivity index (χ1) is 10.2. The third-order valence-electron chi connectivity index (χ3n) is 3.64. The summed E-state index contributed by atoms with van der Waals surface area (Å²) in [6.07, 6.45) is -0.684. The Morgan fingerprint density at radius 3 is 2.36 bits per heavy atom. The maximum atomic E-state index is 12.0. The highest BCUT2D eigenvalue weighted by Gasteiger charge is 2.69. The number of carbonyl (C=O) groups is 2. The van der Waals surface area contributed by atoms with E-state index in [0.29, 0.717) is 17.7 Å². The first kappa shape index (κ1) is 16.6. The average molecular weight is 341 g/mol. The van der Waals surface area contributed by atoms with Crippen molar-refractivity contribution in [2.24, 2.45) is 5.41 Å². The van der Waals surface area contributed by atoms with Crippen molar-refractivity contribution >= 4 is 40.8 Å². The fourth-order valence-corrected chi connectivity index (χ4v) is 2.53. The van der Waals surface area contributed by atoms with Gasteiger partial charge in [-0.25, -0.2) is 0 Å². The number of halogens is 2. The van der Waals surface area contributed by atoms with Gasteiger partial charge in [0, 0.05) is 12.1 Å². The van der Waals surface area contributed by atoms with Crippen molar-refractivity contribution in [3.05, 3.63) is 29.8 Å². The zero-order chi connectivity index (χ0) is 16.5. The van der Waals surface area contributed by atoms with E-state index in [-0.39, 0.29) is 0 Å². The van der Waals surface area contributed by atoms with Crippen LogP contribution in [0.1, 0.15) is 25.8 Å². The lowest BCUT2D eigenvalue weighted by molar-refractivity contribution is -0.158. The molecule has 0 unspecified atom stereocenters. The maximum absolute atomic E-state index is 12.0. The van der Waals surface area contributed by atoms with E-state index in [1.54, 1.807) is 31.2 Å². The molecule has 1 amide bonds. The Hall–Kier alpha value is -1.77. The normalized spacial score (nSPS) is 23.0. The summed E-state index contributed by atoms with van der Waals surface area (Å²) in [6, 6.07) is 8.32. The molecule has 1 N–H and O–H groups in total. The molecule has 0 radical (unpaired) electrons. The molecule has 0 aliphatic heterocycles. The van der Waals surface area contributed by atoms with Gasteiger partial charge in [-0.3, -0.25) is 9.59 Å². The third kappa shape index (κ3) is 3.18. The van der Waals surface area contributed by atoms with Crippen LogP contribution in [-0.4, -0.2) is 22.3 Å². The third-order valence-corrected chi connectivity index (χ3v) is 4.74. The highest BCUT2D eigenvalue weighted by molar-refractivity contribution is 6.53. The van der Waals surface area contributed by atoms with Gasteiger partial charge in [0.25, 0.3) is 5.91 Å². The summed E-state index contributed by atoms with van der Waals surface area (Å²) in [4.78, 5) is 24.0. The highest BCUT2D eigenvalue weighted by Crippen LogP contribution is 2.64. The number of carbonyl (C=O) groups excluding carboxylic acids is 2. The van der Waals surface area contributed by atoms with Crippen LogP contribution in [0, 0.1) is 16.7 Å². The van der Waals surface area contributed by atoms with E-state index in [9.17, 15) is 9.59 Å². The molecule has 22 heavy (non-hydrogen) atoms. The van der Waals surface area contributed by atoms with Crippen molar-refractivity contribution in [3.8, 4) is 6.07 Å². The Labute approximate surface area is 138 Å². The summed E-state index contributed by atoms with van der Waals surface area (Å²) in [5, 5.41) is 11.3. The monoisotopic (exact) mass is 340 g/mol. The topological polar surface area (TPSA) is 79.2 Å². The van der Waals surface area contributed by atoms with E-state index >= 15 is 0 Å². The van der Waals surface area contributed by atoms with Gasteiger partial charge in [-0.1, -0.05) is 0 Å². The minimum atomic E-state index is -1.13. The molecule has 7 heteroatoms. The number of hydrogen-bond donors (Lipinski definition) is 1. The number of rotatable bonds is 4. The first-order valence-corrected chi connectivity index (χ1v) is 7.35. The number of benzene rings is 1. The summed E-state index contributed by atoms with van der Waals surface area (Å²) in [5.74, 6) is -1.07. The number of hydrogen-bond acceptors (Lipinski definition) is 4. The van der Waals surface area contributed by atoms with Crippen LogP contribution < -0.4 is 5.32 Å². The van der Waals surface area contributed by atoms with Crippen molar-refractivity contribution in [2.45, 2.75) is 30.7 Å². The minimum Gasteiger partial charge on any atom is -0.452 e. The van der Waals surface area contributed by atoms with Gasteiger partial charge in [0.2, 0.25) is 0 Å². The Morgan fingerprint density at radius 2 is 1.91 bits per heavy atom. The summed E-state index contributed by atoms with van der Waals surface area (Å²) < 4.78 is 3.99. The first-order valence-electron chi connectivity index (χ1n) is 6.59. The van der Waals surface area contributed by atoms with E-state index in [2.05, 4.69) is 5.32 Å². The second-order valence-electron chi connectivity index (χ2n) is 5.44. The molecule has 2 rings (SSSR count). The Kier molecular flexibility index (Phi) is 4.37. The van der Waals surface area contributed by atoms with Crippen LogP contribution in [-0.2, 0) is 14.3 Å². The van der Waals surface area contributed by atoms with Gasteiger partial charge in [-0.15, -0.1) is 23.2 Å². The number of nitriles is 1. The van der Waals surface area contributed by atoms with E-state index in [4.69, 9.17) is 33.2 Å². The molecule has 1 aliphatic carbocycles. The molecular weight excluding hydrogens is 327 g/mol. The van der Waals surface area contributed by atoms with Crippen molar-refractivity contribution in [3.63, 3.8) is 0 Å². The van der Waals surface area contributed by atoms with Gasteiger partial charge < -0.3 is 10.1 Å². The molecule has 2 atom stereocenters. The second-order valence-corrected chi connectivity index (χ2v) is 6.92. The van der Waals surface area contributed by atoms with E-state index in [0.717, 1.165) is 0 Å². The van der Waals surface area contributed by atoms with Gasteiger partial charge in [-0.2, -0.15) is 5.26 Å². The molecule has 1 fully saturated rings. The molecule has 1 aliphatic rings. The second kappa shape index (κ2) is 5.79. The lowest BCUT2D eigenvalue weighted by atomic mass is 10.1. The van der Waals surface area contributed by atoms with E-state index in [1.807, 2.05) is 6.07 Å². The fourth-order valence-electron chi connectivity index (χ4n) is 1.84. The molecule has 0 bridgehead atoms. The number of alkyl halides is 2. The molecule has 0 heterocycles. The molecule has 0 saturated heterocycles. The summed E-state index contributed by atoms with van der Waals surface area (Å²) >= 11 is 11.8. The Bertz CT molecular complexity index is 652. The lowest BCUT2D eigenvalue weighted by Gasteiger charge is -2.17. The lowest BCUT2D eigenvalue weighted by Crippen LogP contribution is -2.33. The molecule has 0 spiro atoms. The van der Waals surface area contributed by atoms with E-state index in [1.165, 1.54) is 6.92 Å². The number of anilines is 1. The number of nitrogens with one attached hydrogen (secondary N) is 1. The van der Waals surface area contributed by atoms with Crippen LogP contribution in [0.2, 0.25) is 0 Å². The fraction of sp³-hybridized carbons (Fsp3) is 0.400. The predicted molar refractivity (Wildman–Crippen MR) is 82.5 cm³/mol. The van der Waals surface area contributed by atoms with Crippen molar-refractivity contribution in [2.75, 3.05) is 5.32 Å². The highest BCUT2D eigenvalue weighted by atomic mass is 35.5. The predicted octanol–water partition coefficient (Wildman–Crippen LogP) is 3.01. The maximum Gasteiger partial charge on any atom is 0.315 e. The van der Waals surface area contributed by atoms with Crippen LogP contribution >= 0.6 is 23.2 Å². The number of nitrogens with zero attached hydrogens (tertiary/aromatic N) is 1. The average Bonchev–Trinajstić information content (AvgIpc) is 2.99. The number of amides is 1. The Balaban J connectivity index is 1.92. The van der Waals surface area contributed by atoms with Gasteiger partial charge in [-0.05, 0) is 38.1 Å². The molecule has 0 aromatic heterocycles. The van der Waals surface area contributed by atoms with Gasteiger partial charge in [0.15, 0.2) is 6.10 Å². The van der Waals surface area contributed by atoms with Crippen LogP contribution in [0.4, 0.5) is 5.69 Å². The smallest absolute Gasteiger partial charge is 0.315 e. The van der Waals surface area contributed by atoms with Gasteiger partial charge >= 0.3 is 5.97 Å². The van der Waals surface area contributed by atoms with Crippen LogP contribution in [0.25, 0.3) is 0 Å². The quantitative estimate of drug-likeness (QED) is 0.674. The molecular formula is C15H14Cl2N2O3. The largest absolute Gasteiger partial charge is 0.452 e. The molecule has 5 nitrogen and oxygen atoms in total. The Morgan fingerprint density at radius 1 is 1.36 bits per heavy atom. The van der Waals surface area contributed by atoms with Crippen LogP contribution in [0.5, 0.6) is 0 Å². The number of ether oxygens (including phenoxy) is 1. The summed E-state index contributed by atoms with van der Waals surface area (Å²) in [6.45, 7) is 3.06. The zero-order valence-electron chi connectivity index (χ0n) is 12.0. The molecule has 1 saturated carbocycles. The molecule has 1 aromatic carbocycles. The van der Waals surface area contributed by atoms with Gasteiger partial charge in [0.05, 0.1) is 11.6 Å². The van der Waals surface area contributed by atoms with Crippen molar-refractivity contribution in [1.82, 2.24) is 0 Å². The van der Waals surface area contributed by atoms with Crippen molar-refractivity contribution < 1.29 is 14.3 Å². The number of esters is 1. The van der Waals surface area contributed by atoms with Crippen molar-refractivity contribution in [1.29, 1.82) is 5.26 Å². The van der Waals surface area contributed by atoms with Crippen LogP contribution in [0.3, 0.4) is 0 Å². The SMILES string of the molecule is C[C@@H](OC(=O)[C@@]1(C)CC1(Cl)Cl)C(=O)Nc1ccc(C#N)cc1. The molecule has 1 aromatic rings. The summed E-state index contributed by atoms with van der Waals surface area (Å²) in [7, 11) is 0. The zero-order valence-corrected chi connectivity index (χ0v) is 13.5. The minimum absolute atomic E-state index is 0.298. The van der Waals surface area contributed by atoms with Crippen LogP contribution in [0.15, 0.2) is 24.3 Å². The standard InChI is InChI=1S/C15H14Cl2N2O3/c1-9(22-13(21)14(2)8-15(14,16)17)12(20)19-11-5-3-10(7-18)4-6-11/h3-6,9H,8H2,1-2H3,(H,19,20)/t9-,14-/m1/s1. The van der Waals surface area contributed by atoms with Gasteiger partial charge in [0.1, 0.15) is 9.75 Å². The summed E-state index contributed by atoms with van der Waals surface area (Å²) in [5.41, 5.74) is 0.0206.